The molecule has 4 nitrogen and oxygen atoms in total. The van der Waals surface area contributed by atoms with Gasteiger partial charge in [-0.3, -0.25) is 9.59 Å². The third-order valence-corrected chi connectivity index (χ3v) is 7.10. The predicted octanol–water partition coefficient (Wildman–Crippen LogP) is 10.0. The first kappa shape index (κ1) is 31.4. The largest absolute Gasteiger partial charge is 0.466 e. The molecule has 0 aromatic heterocycles. The van der Waals surface area contributed by atoms with Crippen molar-refractivity contribution in [1.82, 2.24) is 0 Å². The Morgan fingerprint density at radius 3 is 1.62 bits per heavy atom. The van der Waals surface area contributed by atoms with Gasteiger partial charge in [-0.25, -0.2) is 0 Å². The summed E-state index contributed by atoms with van der Waals surface area (Å²) in [4.78, 5) is 23.9. The number of halogens is 4. The van der Waals surface area contributed by atoms with Crippen molar-refractivity contribution in [2.45, 2.75) is 110 Å². The van der Waals surface area contributed by atoms with E-state index in [-0.39, 0.29) is 38.2 Å². The van der Waals surface area contributed by atoms with Gasteiger partial charge in [0.25, 0.3) is 0 Å². The molecule has 8 heteroatoms. The van der Waals surface area contributed by atoms with E-state index in [1.165, 1.54) is 44.6 Å². The summed E-state index contributed by atoms with van der Waals surface area (Å²) in [6, 6.07) is 1.40. The zero-order valence-electron chi connectivity index (χ0n) is 20.2. The third-order valence-electron chi connectivity index (χ3n) is 5.56. The van der Waals surface area contributed by atoms with Gasteiger partial charge >= 0.3 is 11.9 Å². The topological polar surface area (TPSA) is 52.6 Å². The molecule has 0 saturated heterocycles. The van der Waals surface area contributed by atoms with Crippen molar-refractivity contribution in [2.24, 2.45) is 0 Å². The van der Waals surface area contributed by atoms with Crippen LogP contribution in [-0.4, -0.2) is 18.5 Å². The van der Waals surface area contributed by atoms with Crippen LogP contribution in [0, 0.1) is 0 Å². The maximum Gasteiger partial charge on any atom is 0.311 e. The lowest BCUT2D eigenvalue weighted by molar-refractivity contribution is -0.144. The molecule has 0 fully saturated rings. The summed E-state index contributed by atoms with van der Waals surface area (Å²) in [5.74, 6) is -0.523. The van der Waals surface area contributed by atoms with E-state index >= 15 is 0 Å². The van der Waals surface area contributed by atoms with Crippen LogP contribution < -0.4 is 4.74 Å². The standard InChI is InChI=1S/C26H38Cl4O4/c1-2-3-4-5-6-9-12-15-18-33-22(31)16-13-10-7-8-11-14-17-23(32)34-26-24(29)20(27)19-21(28)25(26)30/h19H,2-18H2,1H3. The predicted molar refractivity (Wildman–Crippen MR) is 143 cm³/mol. The van der Waals surface area contributed by atoms with Crippen LogP contribution >= 0.6 is 46.4 Å². The van der Waals surface area contributed by atoms with Gasteiger partial charge in [0.15, 0.2) is 5.75 Å². The zero-order valence-corrected chi connectivity index (χ0v) is 23.3. The normalized spacial score (nSPS) is 11.0. The average Bonchev–Trinajstić information content (AvgIpc) is 2.81. The molecule has 1 aromatic rings. The first-order chi connectivity index (χ1) is 16.4. The summed E-state index contributed by atoms with van der Waals surface area (Å²) in [5, 5.41) is 0.494. The van der Waals surface area contributed by atoms with Crippen molar-refractivity contribution < 1.29 is 19.1 Å². The number of hydrogen-bond acceptors (Lipinski definition) is 4. The van der Waals surface area contributed by atoms with Crippen LogP contribution in [0.15, 0.2) is 6.07 Å². The molecule has 0 bridgehead atoms. The van der Waals surface area contributed by atoms with E-state index < -0.39 is 5.97 Å². The van der Waals surface area contributed by atoms with E-state index in [1.54, 1.807) is 0 Å². The fraction of sp³-hybridized carbons (Fsp3) is 0.692. The fourth-order valence-electron chi connectivity index (χ4n) is 3.55. The number of benzene rings is 1. The Morgan fingerprint density at radius 2 is 1.09 bits per heavy atom. The number of esters is 2. The van der Waals surface area contributed by atoms with Crippen molar-refractivity contribution in [1.29, 1.82) is 0 Å². The van der Waals surface area contributed by atoms with E-state index in [9.17, 15) is 9.59 Å². The van der Waals surface area contributed by atoms with Gasteiger partial charge in [0.1, 0.15) is 10.0 Å². The van der Waals surface area contributed by atoms with Gasteiger partial charge in [-0.2, -0.15) is 0 Å². The van der Waals surface area contributed by atoms with E-state index in [1.807, 2.05) is 0 Å². The van der Waals surface area contributed by atoms with Crippen molar-refractivity contribution in [3.63, 3.8) is 0 Å². The molecule has 0 amide bonds. The lowest BCUT2D eigenvalue weighted by Gasteiger charge is -2.10. The summed E-state index contributed by atoms with van der Waals surface area (Å²) >= 11 is 24.0. The molecule has 0 radical (unpaired) electrons. The first-order valence-corrected chi connectivity index (χ1v) is 14.1. The van der Waals surface area contributed by atoms with Crippen LogP contribution in [0.2, 0.25) is 20.1 Å². The maximum absolute atomic E-state index is 12.1. The monoisotopic (exact) mass is 554 g/mol. The molecule has 194 valence electrons. The molecule has 0 N–H and O–H groups in total. The van der Waals surface area contributed by atoms with Crippen molar-refractivity contribution in [3.8, 4) is 5.75 Å². The minimum absolute atomic E-state index is 0.000119. The Kier molecular flexibility index (Phi) is 18.0. The second-order valence-corrected chi connectivity index (χ2v) is 10.2. The number of carbonyl (C=O) groups is 2. The van der Waals surface area contributed by atoms with Crippen molar-refractivity contribution >= 4 is 58.3 Å². The number of carbonyl (C=O) groups excluding carboxylic acids is 2. The highest BCUT2D eigenvalue weighted by molar-refractivity contribution is 6.48. The molecular weight excluding hydrogens is 518 g/mol. The second kappa shape index (κ2) is 19.5. The van der Waals surface area contributed by atoms with Gasteiger partial charge in [-0.05, 0) is 25.3 Å². The Labute approximate surface area is 224 Å². The molecule has 0 spiro atoms. The highest BCUT2D eigenvalue weighted by Crippen LogP contribution is 2.43. The molecule has 1 aromatic carbocycles. The van der Waals surface area contributed by atoms with Crippen LogP contribution in [0.4, 0.5) is 0 Å². The van der Waals surface area contributed by atoms with Crippen molar-refractivity contribution in [2.75, 3.05) is 6.61 Å². The van der Waals surface area contributed by atoms with E-state index in [2.05, 4.69) is 6.92 Å². The molecule has 1 rings (SSSR count). The van der Waals surface area contributed by atoms with Gasteiger partial charge in [0.2, 0.25) is 0 Å². The van der Waals surface area contributed by atoms with Gasteiger partial charge in [-0.15, -0.1) is 0 Å². The lowest BCUT2D eigenvalue weighted by Crippen LogP contribution is -2.08. The number of unbranched alkanes of at least 4 members (excludes halogenated alkanes) is 12. The quantitative estimate of drug-likeness (QED) is 0.0737. The van der Waals surface area contributed by atoms with Gasteiger partial charge < -0.3 is 9.47 Å². The maximum atomic E-state index is 12.1. The van der Waals surface area contributed by atoms with E-state index in [0.29, 0.717) is 19.4 Å². The zero-order chi connectivity index (χ0) is 25.2. The van der Waals surface area contributed by atoms with Crippen LogP contribution in [0.25, 0.3) is 0 Å². The molecule has 0 atom stereocenters. The minimum Gasteiger partial charge on any atom is -0.466 e. The summed E-state index contributed by atoms with van der Waals surface area (Å²) in [5.41, 5.74) is 0. The summed E-state index contributed by atoms with van der Waals surface area (Å²) in [6.07, 6.45) is 16.0. The van der Waals surface area contributed by atoms with Crippen LogP contribution in [0.5, 0.6) is 5.75 Å². The molecule has 0 saturated carbocycles. The molecule has 0 aliphatic rings. The Bertz CT molecular complexity index is 714. The molecule has 0 unspecified atom stereocenters. The number of ether oxygens (including phenoxy) is 2. The molecular formula is C26H38Cl4O4. The summed E-state index contributed by atoms with van der Waals surface area (Å²) in [6.45, 7) is 2.77. The van der Waals surface area contributed by atoms with Crippen LogP contribution in [-0.2, 0) is 14.3 Å². The summed E-state index contributed by atoms with van der Waals surface area (Å²) in [7, 11) is 0. The first-order valence-electron chi connectivity index (χ1n) is 12.6. The SMILES string of the molecule is CCCCCCCCCCOC(=O)CCCCCCCCC(=O)Oc1c(Cl)c(Cl)cc(Cl)c1Cl. The molecule has 0 aliphatic heterocycles. The molecule has 34 heavy (non-hydrogen) atoms. The summed E-state index contributed by atoms with van der Waals surface area (Å²) < 4.78 is 10.6. The van der Waals surface area contributed by atoms with Crippen LogP contribution in [0.1, 0.15) is 110 Å². The number of hydrogen-bond donors (Lipinski definition) is 0. The Morgan fingerprint density at radius 1 is 0.647 bits per heavy atom. The van der Waals surface area contributed by atoms with Gasteiger partial charge in [-0.1, -0.05) is 124 Å². The van der Waals surface area contributed by atoms with Gasteiger partial charge in [0, 0.05) is 12.8 Å². The minimum atomic E-state index is -0.429. The second-order valence-electron chi connectivity index (χ2n) is 8.59. The average molecular weight is 556 g/mol. The van der Waals surface area contributed by atoms with E-state index in [0.717, 1.165) is 44.9 Å². The molecule has 0 heterocycles. The smallest absolute Gasteiger partial charge is 0.311 e. The Hall–Kier alpha value is -0.680. The lowest BCUT2D eigenvalue weighted by atomic mass is 10.1. The molecule has 0 aliphatic carbocycles. The third kappa shape index (κ3) is 14.0. The highest BCUT2D eigenvalue weighted by Gasteiger charge is 2.18. The fourth-order valence-corrected chi connectivity index (χ4v) is 4.41. The highest BCUT2D eigenvalue weighted by atomic mass is 35.5. The van der Waals surface area contributed by atoms with Crippen LogP contribution in [0.3, 0.4) is 0 Å². The number of rotatable bonds is 19. The van der Waals surface area contributed by atoms with E-state index in [4.69, 9.17) is 55.9 Å². The van der Waals surface area contributed by atoms with Gasteiger partial charge in [0.05, 0.1) is 16.7 Å². The van der Waals surface area contributed by atoms with Crippen molar-refractivity contribution in [3.05, 3.63) is 26.2 Å². The Balaban J connectivity index is 1.98.